The number of hydrogen-bond acceptors (Lipinski definition) is 42. The van der Waals surface area contributed by atoms with Crippen LogP contribution in [0.2, 0.25) is 0 Å². The SMILES string of the molecule is C=C(N)Nc1nc(NCCN)nc(N(CCO)CCO)n1.C=C(N)Nc1nc(NCCN)nc(Nc2cccc(C(=O)O)c2)n1.C=C(N)Nc1nc(NCCN)nc(Nc2cccc(S(=O)O)c2)n1.C=C(N)Nc1nc(NCCN)nc(SCCCS(=O)(=O)O)n1.O=C=O.O=S=O. The van der Waals surface area contributed by atoms with Gasteiger partial charge in [0.15, 0.2) is 16.2 Å². The van der Waals surface area contributed by atoms with Crippen LogP contribution in [-0.4, -0.2) is 208 Å². The van der Waals surface area contributed by atoms with Crippen LogP contribution in [0.5, 0.6) is 0 Å². The van der Waals surface area contributed by atoms with E-state index < -0.39 is 38.7 Å². The van der Waals surface area contributed by atoms with Crippen LogP contribution < -0.4 is 104 Å². The number of nitrogens with one attached hydrogen (secondary N) is 10. The van der Waals surface area contributed by atoms with Crippen molar-refractivity contribution < 1.29 is 59.9 Å². The van der Waals surface area contributed by atoms with E-state index in [-0.39, 0.29) is 120 Å². The first-order chi connectivity index (χ1) is 46.2. The minimum absolute atomic E-state index is 0.0936. The molecular weight excluding hydrogens is 1360 g/mol. The van der Waals surface area contributed by atoms with E-state index in [0.29, 0.717) is 98.4 Å². The lowest BCUT2D eigenvalue weighted by Crippen LogP contribution is -2.32. The number of carbonyl (C=O) groups excluding carboxylic acids is 2. The fourth-order valence-electron chi connectivity index (χ4n) is 6.27. The van der Waals surface area contributed by atoms with Crippen LogP contribution in [-0.2, 0) is 42.4 Å². The molecule has 0 radical (unpaired) electrons. The highest BCUT2D eigenvalue weighted by molar-refractivity contribution is 7.99. The highest BCUT2D eigenvalue weighted by atomic mass is 32.2. The van der Waals surface area contributed by atoms with Crippen molar-refractivity contribution in [1.82, 2.24) is 59.8 Å². The molecule has 0 fully saturated rings. The number of nitrogens with two attached hydrogens (primary N) is 8. The number of anilines is 13. The van der Waals surface area contributed by atoms with E-state index in [1.54, 1.807) is 29.2 Å². The second-order valence-electron chi connectivity index (χ2n) is 17.6. The molecule has 0 aliphatic rings. The van der Waals surface area contributed by atoms with Gasteiger partial charge in [-0.05, 0) is 42.8 Å². The molecular formula is C49H77N31O13S4. The molecule has 4 aromatic heterocycles. The van der Waals surface area contributed by atoms with Crippen LogP contribution in [0.15, 0.2) is 108 Å². The molecule has 2 aromatic carbocycles. The maximum absolute atomic E-state index is 11.1. The monoisotopic (exact) mass is 1440 g/mol. The first-order valence-corrected chi connectivity index (χ1v) is 31.8. The highest BCUT2D eigenvalue weighted by Crippen LogP contribution is 2.22. The minimum Gasteiger partial charge on any atom is -0.478 e. The average Bonchev–Trinajstić information content (AvgIpc) is 0.872. The number of carboxylic acid groups (broad SMARTS) is 1. The van der Waals surface area contributed by atoms with Gasteiger partial charge in [-0.25, -0.2) is 9.00 Å². The summed E-state index contributed by atoms with van der Waals surface area (Å²) in [5.74, 6) is 2.56. The molecule has 48 heteroatoms. The Morgan fingerprint density at radius 2 is 0.907 bits per heavy atom. The number of carboxylic acids is 1. The summed E-state index contributed by atoms with van der Waals surface area (Å²) in [6.45, 7) is 18.0. The van der Waals surface area contributed by atoms with Crippen molar-refractivity contribution >= 4 is 133 Å². The molecule has 0 aliphatic carbocycles. The molecule has 4 heterocycles. The Kier molecular flexibility index (Phi) is 41.7. The molecule has 530 valence electrons. The zero-order valence-corrected chi connectivity index (χ0v) is 54.9. The summed E-state index contributed by atoms with van der Waals surface area (Å²) in [6, 6.07) is 12.7. The lowest BCUT2D eigenvalue weighted by molar-refractivity contribution is -0.191. The Morgan fingerprint density at radius 3 is 1.29 bits per heavy atom. The summed E-state index contributed by atoms with van der Waals surface area (Å²) in [7, 11) is -3.96. The van der Waals surface area contributed by atoms with Crippen LogP contribution >= 0.6 is 11.8 Å². The fourth-order valence-corrected chi connectivity index (χ4v) is 8.16. The van der Waals surface area contributed by atoms with Crippen molar-refractivity contribution in [2.45, 2.75) is 16.5 Å². The molecule has 0 spiro atoms. The molecule has 6 rings (SSSR count). The summed E-state index contributed by atoms with van der Waals surface area (Å²) < 4.78 is 66.8. The van der Waals surface area contributed by atoms with Gasteiger partial charge < -0.3 is 124 Å². The molecule has 97 heavy (non-hydrogen) atoms. The number of aromatic carboxylic acids is 1. The van der Waals surface area contributed by atoms with Crippen molar-refractivity contribution in [3.05, 3.63) is 104 Å². The Hall–Kier alpha value is -10.8. The van der Waals surface area contributed by atoms with E-state index in [1.807, 2.05) is 0 Å². The fraction of sp³-hybridized carbons (Fsp3) is 0.306. The van der Waals surface area contributed by atoms with Crippen molar-refractivity contribution in [2.75, 3.05) is 148 Å². The van der Waals surface area contributed by atoms with Crippen LogP contribution in [0.1, 0.15) is 16.8 Å². The largest absolute Gasteiger partial charge is 0.478 e. The van der Waals surface area contributed by atoms with Crippen molar-refractivity contribution in [3.8, 4) is 0 Å². The van der Waals surface area contributed by atoms with Gasteiger partial charge in [0.05, 0.1) is 52.7 Å². The van der Waals surface area contributed by atoms with Gasteiger partial charge in [-0.2, -0.15) is 86.2 Å². The van der Waals surface area contributed by atoms with Gasteiger partial charge in [0.1, 0.15) is 0 Å². The first-order valence-electron chi connectivity index (χ1n) is 27.4. The first kappa shape index (κ1) is 84.3. The molecule has 1 unspecified atom stereocenters. The maximum atomic E-state index is 11.1. The molecule has 0 saturated carbocycles. The van der Waals surface area contributed by atoms with Crippen LogP contribution in [0.3, 0.4) is 0 Å². The number of rotatable bonds is 36. The Morgan fingerprint density at radius 1 is 0.567 bits per heavy atom. The molecule has 31 N–H and O–H groups in total. The standard InChI is InChI=1S/C14H18N8O2.C13H18N8O2S.C11H22N8O2.C10H19N7O3S2.CO2.O2S/c1-8(16)18-13-20-12(17-6-5-15)21-14(22-13)19-10-4-2-3-9(7-10)11(23)24;1-8(15)17-12-19-11(16-6-5-14)20-13(21-12)18-9-3-2-4-10(7-9)24(22)23;1-8(13)15-10-16-9(14-3-2-12)17-11(18-10)19(4-6-20)5-7-21;1-7(12)14-9-15-8(13-4-3-11)16-10(17-9)21-5-2-6-22(18,19)20;2-1-3;1-3-2/h2-4,7H,1,5-6,15-16H2,(H,23,24)(H3,17,18,19,20,21,22);2-4,7H,1,5-6,14-15H2,(H,22,23)(H3,16,17,18,19,20,21);20-21H,1-7,12-13H2,(H2,14,15,16,17,18);1-6,11-12H2,(H,18,19,20)(H2,13,14,15,16,17);;. The molecule has 1 atom stereocenters. The smallest absolute Gasteiger partial charge is 0.373 e. The summed E-state index contributed by atoms with van der Waals surface area (Å²) in [5.41, 5.74) is 44.9. The molecule has 0 saturated heterocycles. The van der Waals surface area contributed by atoms with Gasteiger partial charge in [-0.1, -0.05) is 50.2 Å². The van der Waals surface area contributed by atoms with Crippen LogP contribution in [0.4, 0.5) is 76.8 Å². The average molecular weight is 1440 g/mol. The van der Waals surface area contributed by atoms with E-state index in [1.165, 1.54) is 36.0 Å². The summed E-state index contributed by atoms with van der Waals surface area (Å²) in [5, 5.41) is 55.9. The van der Waals surface area contributed by atoms with Crippen LogP contribution in [0, 0.1) is 0 Å². The number of carbonyl (C=O) groups is 1. The quantitative estimate of drug-likeness (QED) is 0.00807. The highest BCUT2D eigenvalue weighted by Gasteiger charge is 2.15. The van der Waals surface area contributed by atoms with Gasteiger partial charge in [0.2, 0.25) is 65.4 Å². The summed E-state index contributed by atoms with van der Waals surface area (Å²) in [6.07, 6.45) is 0.521. The molecule has 6 aromatic rings. The van der Waals surface area contributed by atoms with E-state index in [9.17, 15) is 17.4 Å². The van der Waals surface area contributed by atoms with E-state index in [0.717, 1.165) is 0 Å². The minimum atomic E-state index is -3.96. The Labute approximate surface area is 564 Å². The van der Waals surface area contributed by atoms with Crippen molar-refractivity contribution in [1.29, 1.82) is 0 Å². The number of aromatic nitrogens is 12. The van der Waals surface area contributed by atoms with E-state index in [2.05, 4.69) is 139 Å². The number of aliphatic hydroxyl groups excluding tert-OH is 2. The number of nitrogens with zero attached hydrogens (tertiary/aromatic N) is 13. The zero-order valence-electron chi connectivity index (χ0n) is 51.6. The lowest BCUT2D eigenvalue weighted by atomic mass is 10.2. The normalized spacial score (nSPS) is 10.3. The van der Waals surface area contributed by atoms with Crippen molar-refractivity contribution in [3.63, 3.8) is 0 Å². The number of aliphatic hydroxyl groups is 2. The summed E-state index contributed by atoms with van der Waals surface area (Å²) >= 11 is -1.60. The predicted molar refractivity (Wildman–Crippen MR) is 365 cm³/mol. The summed E-state index contributed by atoms with van der Waals surface area (Å²) in [4.78, 5) is 79.0. The third-order valence-electron chi connectivity index (χ3n) is 9.77. The van der Waals surface area contributed by atoms with E-state index in [4.69, 9.17) is 88.3 Å². The second-order valence-corrected chi connectivity index (χ2v) is 21.3. The Bertz CT molecular complexity index is 3530. The lowest BCUT2D eigenvalue weighted by Gasteiger charge is -2.21. The zero-order chi connectivity index (χ0) is 72.7. The van der Waals surface area contributed by atoms with Gasteiger partial charge in [-0.3, -0.25) is 4.55 Å². The number of hydrogen-bond donors (Lipinski definition) is 23. The molecule has 44 nitrogen and oxygen atoms in total. The van der Waals surface area contributed by atoms with Gasteiger partial charge in [-0.15, -0.1) is 0 Å². The van der Waals surface area contributed by atoms with Gasteiger partial charge in [0, 0.05) is 82.6 Å². The molecule has 0 aliphatic heterocycles. The third kappa shape index (κ3) is 38.9. The second kappa shape index (κ2) is 48.0. The third-order valence-corrected chi connectivity index (χ3v) is 12.2. The van der Waals surface area contributed by atoms with Crippen molar-refractivity contribution in [2.24, 2.45) is 45.9 Å². The number of benzene rings is 2. The predicted octanol–water partition coefficient (Wildman–Crippen LogP) is -2.99. The topological polar surface area (TPSA) is 724 Å². The Balaban J connectivity index is 0.000000629. The van der Waals surface area contributed by atoms with Gasteiger partial charge in [0.25, 0.3) is 10.1 Å². The molecule has 0 bridgehead atoms. The van der Waals surface area contributed by atoms with E-state index >= 15 is 0 Å². The maximum Gasteiger partial charge on any atom is 0.373 e. The van der Waals surface area contributed by atoms with Gasteiger partial charge >= 0.3 is 23.7 Å². The number of thioether (sulfide) groups is 1. The molecule has 0 amide bonds. The van der Waals surface area contributed by atoms with Crippen LogP contribution in [0.25, 0.3) is 0 Å².